The van der Waals surface area contributed by atoms with Gasteiger partial charge in [-0.05, 0) is 75.4 Å². The van der Waals surface area contributed by atoms with Crippen LogP contribution in [0.1, 0.15) is 50.8 Å². The maximum atomic E-state index is 14.6. The van der Waals surface area contributed by atoms with E-state index in [0.717, 1.165) is 11.8 Å². The summed E-state index contributed by atoms with van der Waals surface area (Å²) in [5, 5.41) is 0. The fourth-order valence-electron chi connectivity index (χ4n) is 3.47. The molecule has 0 radical (unpaired) electrons. The van der Waals surface area contributed by atoms with Crippen molar-refractivity contribution in [3.05, 3.63) is 53.6 Å². The summed E-state index contributed by atoms with van der Waals surface area (Å²) < 4.78 is 48.6. The van der Waals surface area contributed by atoms with Gasteiger partial charge < -0.3 is 14.4 Å². The van der Waals surface area contributed by atoms with Gasteiger partial charge in [-0.15, -0.1) is 0 Å². The van der Waals surface area contributed by atoms with E-state index in [1.54, 1.807) is 11.1 Å². The molecule has 2 aromatic rings. The van der Waals surface area contributed by atoms with E-state index in [0.29, 0.717) is 31.7 Å². The van der Waals surface area contributed by atoms with Crippen LogP contribution in [0.4, 0.5) is 9.18 Å². The lowest BCUT2D eigenvalue weighted by atomic mass is 9.90. The van der Waals surface area contributed by atoms with Crippen LogP contribution in [-0.4, -0.2) is 49.3 Å². The van der Waals surface area contributed by atoms with E-state index in [-0.39, 0.29) is 29.2 Å². The van der Waals surface area contributed by atoms with Gasteiger partial charge in [0, 0.05) is 25.5 Å². The van der Waals surface area contributed by atoms with Gasteiger partial charge in [-0.3, -0.25) is 4.98 Å². The normalized spacial score (nSPS) is 15.5. The first-order valence-corrected chi connectivity index (χ1v) is 12.4. The van der Waals surface area contributed by atoms with Gasteiger partial charge in [0.15, 0.2) is 9.84 Å². The number of halogens is 1. The molecule has 3 rings (SSSR count). The number of piperidine rings is 1. The van der Waals surface area contributed by atoms with Crippen LogP contribution >= 0.6 is 0 Å². The molecule has 0 aliphatic carbocycles. The predicted molar refractivity (Wildman–Crippen MR) is 118 cm³/mol. The van der Waals surface area contributed by atoms with Gasteiger partial charge in [-0.2, -0.15) is 0 Å². The van der Waals surface area contributed by atoms with E-state index < -0.39 is 21.3 Å². The van der Waals surface area contributed by atoms with Gasteiger partial charge in [0.05, 0.1) is 4.90 Å². The number of pyridine rings is 1. The fourth-order valence-corrected chi connectivity index (χ4v) is 4.10. The molecule has 2 heterocycles. The minimum absolute atomic E-state index is 0.0680. The van der Waals surface area contributed by atoms with Crippen LogP contribution in [0.5, 0.6) is 5.75 Å². The number of carbonyl (C=O) groups is 1. The maximum absolute atomic E-state index is 14.6. The van der Waals surface area contributed by atoms with Gasteiger partial charge in [0.25, 0.3) is 0 Å². The second kappa shape index (κ2) is 9.44. The summed E-state index contributed by atoms with van der Waals surface area (Å²) in [6.45, 7) is 6.54. The highest BCUT2D eigenvalue weighted by molar-refractivity contribution is 7.90. The van der Waals surface area contributed by atoms with Crippen LogP contribution in [0.15, 0.2) is 41.4 Å². The number of rotatable bonds is 5. The molecule has 0 saturated carbocycles. The monoisotopic (exact) mass is 464 g/mol. The highest BCUT2D eigenvalue weighted by Crippen LogP contribution is 2.29. The molecule has 0 unspecified atom stereocenters. The van der Waals surface area contributed by atoms with Crippen LogP contribution < -0.4 is 4.74 Å². The van der Waals surface area contributed by atoms with Crippen molar-refractivity contribution in [3.8, 4) is 5.75 Å². The summed E-state index contributed by atoms with van der Waals surface area (Å²) in [7, 11) is -3.28. The van der Waals surface area contributed by atoms with Gasteiger partial charge in [-0.1, -0.05) is 0 Å². The van der Waals surface area contributed by atoms with E-state index in [2.05, 4.69) is 4.98 Å². The maximum Gasteiger partial charge on any atom is 0.410 e. The lowest BCUT2D eigenvalue weighted by Gasteiger charge is -2.33. The van der Waals surface area contributed by atoms with E-state index in [4.69, 9.17) is 9.47 Å². The number of carbonyl (C=O) groups excluding carboxylic acids is 1. The zero-order chi connectivity index (χ0) is 23.5. The number of hydrogen-bond donors (Lipinski definition) is 0. The lowest BCUT2D eigenvalue weighted by molar-refractivity contribution is 0.0204. The van der Waals surface area contributed by atoms with Crippen LogP contribution in [0, 0.1) is 5.82 Å². The van der Waals surface area contributed by atoms with Crippen LogP contribution in [0.25, 0.3) is 0 Å². The largest absolute Gasteiger partial charge is 0.487 e. The zero-order valence-electron chi connectivity index (χ0n) is 18.8. The van der Waals surface area contributed by atoms with Crippen molar-refractivity contribution >= 4 is 15.9 Å². The molecule has 32 heavy (non-hydrogen) atoms. The van der Waals surface area contributed by atoms with Gasteiger partial charge in [0.1, 0.15) is 29.5 Å². The molecule has 1 fully saturated rings. The van der Waals surface area contributed by atoms with Crippen molar-refractivity contribution in [2.75, 3.05) is 19.3 Å². The van der Waals surface area contributed by atoms with Crippen molar-refractivity contribution in [2.45, 2.75) is 56.6 Å². The Kier molecular flexibility index (Phi) is 7.07. The average Bonchev–Trinajstić information content (AvgIpc) is 2.71. The Morgan fingerprint density at radius 1 is 1.19 bits per heavy atom. The van der Waals surface area contributed by atoms with Crippen LogP contribution in [0.3, 0.4) is 0 Å². The molecule has 0 spiro atoms. The van der Waals surface area contributed by atoms with Gasteiger partial charge >= 0.3 is 6.09 Å². The number of ether oxygens (including phenoxy) is 2. The number of likely N-dealkylation sites (tertiary alicyclic amines) is 1. The van der Waals surface area contributed by atoms with Crippen LogP contribution in [0.2, 0.25) is 0 Å². The van der Waals surface area contributed by atoms with Crippen molar-refractivity contribution in [1.29, 1.82) is 0 Å². The molecule has 174 valence electrons. The van der Waals surface area contributed by atoms with Crippen molar-refractivity contribution < 1.29 is 27.1 Å². The third-order valence-corrected chi connectivity index (χ3v) is 6.31. The zero-order valence-corrected chi connectivity index (χ0v) is 19.6. The minimum atomic E-state index is -3.28. The van der Waals surface area contributed by atoms with Crippen molar-refractivity contribution in [2.24, 2.45) is 0 Å². The number of aromatic nitrogens is 1. The molecule has 0 atom stereocenters. The first-order valence-electron chi connectivity index (χ1n) is 10.5. The molecule has 1 aromatic heterocycles. The topological polar surface area (TPSA) is 85.8 Å². The van der Waals surface area contributed by atoms with E-state index >= 15 is 0 Å². The first kappa shape index (κ1) is 24.0. The Bertz CT molecular complexity index is 1060. The molecule has 1 aliphatic heterocycles. The summed E-state index contributed by atoms with van der Waals surface area (Å²) >= 11 is 0. The predicted octanol–water partition coefficient (Wildman–Crippen LogP) is 4.32. The summed E-state index contributed by atoms with van der Waals surface area (Å²) in [6.07, 6.45) is 3.89. The number of benzene rings is 1. The molecular weight excluding hydrogens is 435 g/mol. The Hall–Kier alpha value is -2.68. The lowest BCUT2D eigenvalue weighted by Crippen LogP contribution is -2.41. The molecule has 1 aromatic carbocycles. The molecule has 7 nitrogen and oxygen atoms in total. The number of amides is 1. The quantitative estimate of drug-likeness (QED) is 0.655. The smallest absolute Gasteiger partial charge is 0.410 e. The molecule has 1 aliphatic rings. The highest BCUT2D eigenvalue weighted by atomic mass is 32.2. The number of hydrogen-bond acceptors (Lipinski definition) is 6. The summed E-state index contributed by atoms with van der Waals surface area (Å²) in [5.41, 5.74) is 0.439. The average molecular weight is 465 g/mol. The third kappa shape index (κ3) is 6.41. The van der Waals surface area contributed by atoms with E-state index in [9.17, 15) is 17.6 Å². The van der Waals surface area contributed by atoms with E-state index in [1.807, 2.05) is 20.8 Å². The highest BCUT2D eigenvalue weighted by Gasteiger charge is 2.28. The van der Waals surface area contributed by atoms with Crippen molar-refractivity contribution in [1.82, 2.24) is 9.88 Å². The Morgan fingerprint density at radius 3 is 2.34 bits per heavy atom. The second-order valence-electron chi connectivity index (χ2n) is 8.97. The Labute approximate surface area is 188 Å². The molecule has 0 N–H and O–H groups in total. The standard InChI is InChI=1S/C23H29FN2O5S/c1-23(2,3)31-22(27)26-11-9-16(10-12-26)17-13-20(24)21(25-14-17)15-30-18-5-7-19(8-6-18)32(4,28)29/h5-8,13-14,16H,9-12,15H2,1-4H3. The summed E-state index contributed by atoms with van der Waals surface area (Å²) in [6, 6.07) is 7.43. The summed E-state index contributed by atoms with van der Waals surface area (Å²) in [4.78, 5) is 18.3. The van der Waals surface area contributed by atoms with Gasteiger partial charge in [0.2, 0.25) is 0 Å². The fraction of sp³-hybridized carbons (Fsp3) is 0.478. The number of sulfone groups is 1. The molecular formula is C23H29FN2O5S. The van der Waals surface area contributed by atoms with Crippen LogP contribution in [-0.2, 0) is 21.2 Å². The Morgan fingerprint density at radius 2 is 1.81 bits per heavy atom. The molecule has 9 heteroatoms. The van der Waals surface area contributed by atoms with Crippen molar-refractivity contribution in [3.63, 3.8) is 0 Å². The van der Waals surface area contributed by atoms with Gasteiger partial charge in [-0.25, -0.2) is 17.6 Å². The Balaban J connectivity index is 1.56. The summed E-state index contributed by atoms with van der Waals surface area (Å²) in [5.74, 6) is 0.0937. The molecule has 0 bridgehead atoms. The van der Waals surface area contributed by atoms with E-state index in [1.165, 1.54) is 30.3 Å². The number of nitrogens with zero attached hydrogens (tertiary/aromatic N) is 2. The molecule has 1 amide bonds. The first-order chi connectivity index (χ1) is 14.9. The minimum Gasteiger partial charge on any atom is -0.487 e. The third-order valence-electron chi connectivity index (χ3n) is 5.18. The SMILES string of the molecule is CC(C)(C)OC(=O)N1CCC(c2cnc(COc3ccc(S(C)(=O)=O)cc3)c(F)c2)CC1. The molecule has 1 saturated heterocycles. The second-order valence-corrected chi connectivity index (χ2v) is 11.0.